The Morgan fingerprint density at radius 2 is 1.37 bits per heavy atom. The van der Waals surface area contributed by atoms with E-state index in [4.69, 9.17) is 29.9 Å². The number of nitrogens with two attached hydrogens (primary N) is 1. The fraction of sp³-hybridized carbons (Fsp3) is 0.529. The molecule has 0 aliphatic carbocycles. The number of hydrogen-bond acceptors (Lipinski definition) is 10. The fourth-order valence-electron chi connectivity index (χ4n) is 10.6. The highest BCUT2D eigenvalue weighted by molar-refractivity contribution is 5.87. The van der Waals surface area contributed by atoms with Crippen molar-refractivity contribution in [3.05, 3.63) is 89.0 Å². The van der Waals surface area contributed by atoms with Crippen molar-refractivity contribution in [2.45, 2.75) is 128 Å². The number of H-pyrrole nitrogens is 2. The van der Waals surface area contributed by atoms with Crippen LogP contribution in [0.15, 0.2) is 60.7 Å². The predicted octanol–water partition coefficient (Wildman–Crippen LogP) is 8.66. The minimum atomic E-state index is -0.954. The number of aromatic amines is 2. The maximum absolute atomic E-state index is 13.9. The number of primary amides is 1. The van der Waals surface area contributed by atoms with Crippen molar-refractivity contribution in [2.24, 2.45) is 17.6 Å². The number of ether oxygens (including phenoxy) is 3. The fourth-order valence-corrected chi connectivity index (χ4v) is 10.6. The molecule has 3 aliphatic rings. The predicted molar refractivity (Wildman–Crippen MR) is 256 cm³/mol. The summed E-state index contributed by atoms with van der Waals surface area (Å²) in [5, 5.41) is 2.74. The van der Waals surface area contributed by atoms with E-state index in [0.29, 0.717) is 31.9 Å². The molecule has 5 heterocycles. The normalized spacial score (nSPS) is 21.3. The Bertz CT molecular complexity index is 2590. The molecule has 5 N–H and O–H groups in total. The first-order valence-corrected chi connectivity index (χ1v) is 23.9. The Hall–Kier alpha value is -6.16. The third-order valence-corrected chi connectivity index (χ3v) is 14.4. The zero-order valence-corrected chi connectivity index (χ0v) is 40.1. The number of nitrogens with one attached hydrogen (secondary N) is 3. The molecule has 3 fully saturated rings. The number of hydrogen-bond donors (Lipinski definition) is 4. The molecule has 2 aromatic heterocycles. The summed E-state index contributed by atoms with van der Waals surface area (Å²) in [7, 11) is 3.03. The molecule has 3 aliphatic heterocycles. The van der Waals surface area contributed by atoms with Crippen molar-refractivity contribution in [2.75, 3.05) is 38.8 Å². The van der Waals surface area contributed by atoms with E-state index >= 15 is 0 Å². The topological polar surface area (TPSA) is 201 Å². The van der Waals surface area contributed by atoms with E-state index in [2.05, 4.69) is 94.7 Å². The van der Waals surface area contributed by atoms with Gasteiger partial charge in [-0.05, 0) is 104 Å². The van der Waals surface area contributed by atoms with Crippen LogP contribution >= 0.6 is 0 Å². The number of aromatic nitrogens is 4. The van der Waals surface area contributed by atoms with Gasteiger partial charge in [0.2, 0.25) is 5.91 Å². The number of amides is 4. The highest BCUT2D eigenvalue weighted by Gasteiger charge is 2.41. The lowest BCUT2D eigenvalue weighted by Crippen LogP contribution is -2.51. The lowest BCUT2D eigenvalue weighted by Gasteiger charge is -2.34. The van der Waals surface area contributed by atoms with E-state index in [1.165, 1.54) is 12.7 Å². The molecule has 16 nitrogen and oxygen atoms in total. The number of imidazole rings is 2. The van der Waals surface area contributed by atoms with Crippen molar-refractivity contribution in [1.29, 1.82) is 0 Å². The van der Waals surface area contributed by atoms with Gasteiger partial charge < -0.3 is 49.9 Å². The molecular formula is C51H67N9O7. The number of alkyl carbamates (subject to hydrolysis) is 1. The molecule has 0 spiro atoms. The zero-order valence-electron chi connectivity index (χ0n) is 40.1. The first-order chi connectivity index (χ1) is 32.1. The molecule has 67 heavy (non-hydrogen) atoms. The van der Waals surface area contributed by atoms with Crippen LogP contribution in [0, 0.1) is 11.8 Å². The number of methoxy groups -OCH3 is 2. The summed E-state index contributed by atoms with van der Waals surface area (Å²) in [5.41, 5.74) is 13.3. The van der Waals surface area contributed by atoms with Gasteiger partial charge in [-0.3, -0.25) is 9.59 Å². The van der Waals surface area contributed by atoms with Gasteiger partial charge in [0, 0.05) is 37.2 Å². The Kier molecular flexibility index (Phi) is 13.8. The van der Waals surface area contributed by atoms with Crippen LogP contribution in [0.2, 0.25) is 0 Å². The lowest BCUT2D eigenvalue weighted by molar-refractivity contribution is -0.144. The second-order valence-electron chi connectivity index (χ2n) is 19.7. The first kappa shape index (κ1) is 47.3. The second kappa shape index (κ2) is 19.6. The van der Waals surface area contributed by atoms with Crippen molar-refractivity contribution in [1.82, 2.24) is 35.1 Å². The summed E-state index contributed by atoms with van der Waals surface area (Å²) in [5.74, 6) is 0.745. The van der Waals surface area contributed by atoms with Crippen molar-refractivity contribution >= 4 is 51.8 Å². The van der Waals surface area contributed by atoms with Gasteiger partial charge in [0.25, 0.3) is 5.91 Å². The van der Waals surface area contributed by atoms with Gasteiger partial charge in [0.15, 0.2) is 6.10 Å². The van der Waals surface area contributed by atoms with E-state index in [-0.39, 0.29) is 53.2 Å². The third kappa shape index (κ3) is 9.54. The van der Waals surface area contributed by atoms with E-state index < -0.39 is 24.3 Å². The quantitative estimate of drug-likeness (QED) is 0.0788. The van der Waals surface area contributed by atoms with E-state index in [1.54, 1.807) is 12.0 Å². The number of carbonyl (C=O) groups excluding carboxylic acids is 4. The Morgan fingerprint density at radius 3 is 1.97 bits per heavy atom. The van der Waals surface area contributed by atoms with Crippen LogP contribution in [0.3, 0.4) is 0 Å². The average Bonchev–Trinajstić information content (AvgIpc) is 4.17. The number of rotatable bonds is 15. The summed E-state index contributed by atoms with van der Waals surface area (Å²) in [6, 6.07) is 20.6. The van der Waals surface area contributed by atoms with E-state index in [0.717, 1.165) is 83.2 Å². The van der Waals surface area contributed by atoms with E-state index in [1.807, 2.05) is 32.6 Å². The van der Waals surface area contributed by atoms with Crippen molar-refractivity contribution < 1.29 is 33.4 Å². The van der Waals surface area contributed by atoms with Crippen LogP contribution in [0.4, 0.5) is 15.3 Å². The Morgan fingerprint density at radius 1 is 0.776 bits per heavy atom. The van der Waals surface area contributed by atoms with Crippen LogP contribution in [0.25, 0.3) is 22.1 Å². The zero-order chi connectivity index (χ0) is 47.7. The first-order valence-electron chi connectivity index (χ1n) is 23.9. The van der Waals surface area contributed by atoms with Gasteiger partial charge in [0.1, 0.15) is 17.7 Å². The molecule has 3 aromatic carbocycles. The van der Waals surface area contributed by atoms with Crippen LogP contribution in [-0.4, -0.2) is 99.8 Å². The summed E-state index contributed by atoms with van der Waals surface area (Å²) in [6.45, 7) is 13.8. The maximum Gasteiger partial charge on any atom is 0.407 e. The number of fused-ring (bicyclic) bond motifs is 2. The summed E-state index contributed by atoms with van der Waals surface area (Å²) < 4.78 is 15.8. The van der Waals surface area contributed by atoms with Crippen molar-refractivity contribution in [3.8, 4) is 0 Å². The number of carbonyl (C=O) groups is 4. The largest absolute Gasteiger partial charge is 0.453 e. The van der Waals surface area contributed by atoms with Crippen LogP contribution in [-0.2, 0) is 29.2 Å². The number of benzene rings is 3. The minimum Gasteiger partial charge on any atom is -0.453 e. The molecule has 1 unspecified atom stereocenters. The van der Waals surface area contributed by atoms with Gasteiger partial charge in [0.05, 0.1) is 60.0 Å². The van der Waals surface area contributed by atoms with Gasteiger partial charge in [-0.15, -0.1) is 0 Å². The molecule has 8 rings (SSSR count). The standard InChI is InChI=1S/C51H67N9O7/c1-9-30(4)44(67-49(52)63)48(62)59-25-11-13-42(59)46-54-36-21-15-32(27-38(36)56-46)40-23-22-39(60(40)34-18-16-33(17-19-34)51(5,6)28-65-7)31-14-20-35-37(26-31)55-45(53-35)41-12-10-24-58(41)47(61)43(29(2)3)57-50(64)66-8/h14-21,26-27,29-30,39-44H,9-13,22-25,28H2,1-8H3,(H2,52,63)(H,53,55)(H,54,56)(H,57,64)/t30?,39-,40-,41+,42+,43+,44+/m1/s1. The lowest BCUT2D eigenvalue weighted by atomic mass is 9.85. The van der Waals surface area contributed by atoms with Gasteiger partial charge in [-0.2, -0.15) is 0 Å². The Balaban J connectivity index is 1.10. The van der Waals surface area contributed by atoms with Gasteiger partial charge in [-0.25, -0.2) is 19.6 Å². The highest BCUT2D eigenvalue weighted by atomic mass is 16.6. The second-order valence-corrected chi connectivity index (χ2v) is 19.7. The summed E-state index contributed by atoms with van der Waals surface area (Å²) in [6.07, 6.45) is 3.06. The number of anilines is 1. The monoisotopic (exact) mass is 918 g/mol. The van der Waals surface area contributed by atoms with Crippen LogP contribution < -0.4 is 16.0 Å². The molecule has 5 aromatic rings. The summed E-state index contributed by atoms with van der Waals surface area (Å²) >= 11 is 0. The molecule has 7 atom stereocenters. The average molecular weight is 918 g/mol. The number of likely N-dealkylation sites (tertiary alicyclic amines) is 2. The third-order valence-electron chi connectivity index (χ3n) is 14.4. The molecule has 358 valence electrons. The minimum absolute atomic E-state index is 0.0281. The highest BCUT2D eigenvalue weighted by Crippen LogP contribution is 2.48. The molecule has 0 radical (unpaired) electrons. The van der Waals surface area contributed by atoms with Crippen LogP contribution in [0.5, 0.6) is 0 Å². The molecular weight excluding hydrogens is 851 g/mol. The molecule has 4 amide bonds. The van der Waals surface area contributed by atoms with E-state index in [9.17, 15) is 19.2 Å². The molecule has 0 saturated carbocycles. The number of nitrogens with zero attached hydrogens (tertiary/aromatic N) is 5. The molecule has 0 bridgehead atoms. The van der Waals surface area contributed by atoms with Gasteiger partial charge in [-0.1, -0.05) is 65.8 Å². The van der Waals surface area contributed by atoms with Crippen molar-refractivity contribution in [3.63, 3.8) is 0 Å². The molecule has 16 heteroatoms. The molecule has 3 saturated heterocycles. The van der Waals surface area contributed by atoms with Crippen LogP contribution in [0.1, 0.15) is 139 Å². The van der Waals surface area contributed by atoms with Gasteiger partial charge >= 0.3 is 12.2 Å². The maximum atomic E-state index is 13.9. The SMILES string of the molecule is CCC(C)[C@H](OC(N)=O)C(=O)N1CCC[C@H]1c1nc2ccc([C@H]3CC[C@H](c4ccc5[nH]c([C@@H]6CCCN6C(=O)[C@@H](NC(=O)OC)C(C)C)nc5c4)N3c3ccc(C(C)(C)COC)cc3)cc2[nH]1. The summed E-state index contributed by atoms with van der Waals surface area (Å²) in [4.78, 5) is 75.2. The Labute approximate surface area is 392 Å². The smallest absolute Gasteiger partial charge is 0.407 e.